The van der Waals surface area contributed by atoms with Gasteiger partial charge < -0.3 is 10.6 Å². The van der Waals surface area contributed by atoms with E-state index in [1.165, 1.54) is 4.90 Å². The van der Waals surface area contributed by atoms with E-state index < -0.39 is 0 Å². The van der Waals surface area contributed by atoms with Gasteiger partial charge in [0.15, 0.2) is 0 Å². The van der Waals surface area contributed by atoms with Crippen molar-refractivity contribution in [3.8, 4) is 0 Å². The maximum Gasteiger partial charge on any atom is 0.229 e. The summed E-state index contributed by atoms with van der Waals surface area (Å²) < 4.78 is 0. The molecule has 2 aliphatic heterocycles. The van der Waals surface area contributed by atoms with Crippen LogP contribution in [0.1, 0.15) is 25.7 Å². The first-order valence-corrected chi connectivity index (χ1v) is 6.46. The molecule has 2 fully saturated rings. The Bertz CT molecular complexity index is 288. The second kappa shape index (κ2) is 7.07. The molecule has 0 unspecified atom stereocenters. The van der Waals surface area contributed by atoms with Crippen molar-refractivity contribution in [3.63, 3.8) is 0 Å². The number of hydrogen-bond acceptors (Lipinski definition) is 4. The van der Waals surface area contributed by atoms with E-state index in [0.717, 1.165) is 39.0 Å². The van der Waals surface area contributed by atoms with Crippen LogP contribution in [0.2, 0.25) is 0 Å². The summed E-state index contributed by atoms with van der Waals surface area (Å²) in [4.78, 5) is 26.6. The van der Waals surface area contributed by atoms with Crippen LogP contribution in [0.3, 0.4) is 0 Å². The molecule has 2 rings (SSSR count). The van der Waals surface area contributed by atoms with E-state index in [1.807, 2.05) is 0 Å². The molecule has 0 aromatic rings. The van der Waals surface area contributed by atoms with Crippen molar-refractivity contribution >= 4 is 24.2 Å². The van der Waals surface area contributed by atoms with Gasteiger partial charge in [0.1, 0.15) is 0 Å². The molecular weight excluding hydrogens is 254 g/mol. The number of halogens is 1. The lowest BCUT2D eigenvalue weighted by molar-refractivity contribution is -0.138. The summed E-state index contributed by atoms with van der Waals surface area (Å²) in [7, 11) is 0. The van der Waals surface area contributed by atoms with Crippen molar-refractivity contribution in [2.24, 2.45) is 11.7 Å². The van der Waals surface area contributed by atoms with Gasteiger partial charge in [0.25, 0.3) is 0 Å². The largest absolute Gasteiger partial charge is 0.330 e. The Kier molecular flexibility index (Phi) is 6.05. The Hall–Kier alpha value is -0.650. The SMILES string of the molecule is Cl.NCC1CCN(CCN2C(=O)CCC2=O)CC1. The minimum Gasteiger partial charge on any atom is -0.330 e. The molecule has 0 aromatic heterocycles. The lowest BCUT2D eigenvalue weighted by Gasteiger charge is -2.32. The molecule has 0 atom stereocenters. The Morgan fingerprint density at radius 2 is 1.61 bits per heavy atom. The zero-order valence-electron chi connectivity index (χ0n) is 10.6. The third-order valence-electron chi connectivity index (χ3n) is 3.84. The number of amides is 2. The highest BCUT2D eigenvalue weighted by Gasteiger charge is 2.29. The third kappa shape index (κ3) is 3.67. The molecular formula is C12H22ClN3O2. The van der Waals surface area contributed by atoms with Gasteiger partial charge in [0, 0.05) is 25.9 Å². The van der Waals surface area contributed by atoms with Gasteiger partial charge in [0.2, 0.25) is 11.8 Å². The smallest absolute Gasteiger partial charge is 0.229 e. The predicted molar refractivity (Wildman–Crippen MR) is 71.4 cm³/mol. The number of hydrogen-bond donors (Lipinski definition) is 1. The standard InChI is InChI=1S/C12H21N3O2.ClH/c13-9-10-3-5-14(6-4-10)7-8-15-11(16)1-2-12(15)17;/h10H,1-9,13H2;1H. The highest BCUT2D eigenvalue weighted by Crippen LogP contribution is 2.16. The van der Waals surface area contributed by atoms with Crippen molar-refractivity contribution in [3.05, 3.63) is 0 Å². The fourth-order valence-electron chi connectivity index (χ4n) is 2.56. The van der Waals surface area contributed by atoms with Gasteiger partial charge in [-0.3, -0.25) is 14.5 Å². The fraction of sp³-hybridized carbons (Fsp3) is 0.833. The van der Waals surface area contributed by atoms with Crippen molar-refractivity contribution in [2.45, 2.75) is 25.7 Å². The molecule has 2 amide bonds. The van der Waals surface area contributed by atoms with E-state index in [0.29, 0.717) is 25.3 Å². The summed E-state index contributed by atoms with van der Waals surface area (Å²) in [6.45, 7) is 4.23. The van der Waals surface area contributed by atoms with Crippen molar-refractivity contribution in [2.75, 3.05) is 32.7 Å². The summed E-state index contributed by atoms with van der Waals surface area (Å²) in [6.07, 6.45) is 3.07. The summed E-state index contributed by atoms with van der Waals surface area (Å²) in [5.74, 6) is 0.639. The van der Waals surface area contributed by atoms with Gasteiger partial charge in [0.05, 0.1) is 0 Å². The first-order valence-electron chi connectivity index (χ1n) is 6.46. The van der Waals surface area contributed by atoms with Crippen LogP contribution in [-0.4, -0.2) is 54.3 Å². The molecule has 0 aromatic carbocycles. The maximum atomic E-state index is 11.4. The number of nitrogens with two attached hydrogens (primary N) is 1. The van der Waals surface area contributed by atoms with Crippen LogP contribution in [-0.2, 0) is 9.59 Å². The number of piperidine rings is 1. The first kappa shape index (κ1) is 15.4. The lowest BCUT2D eigenvalue weighted by atomic mass is 9.97. The van der Waals surface area contributed by atoms with E-state index in [4.69, 9.17) is 5.73 Å². The van der Waals surface area contributed by atoms with Gasteiger partial charge in [-0.1, -0.05) is 0 Å². The molecule has 0 radical (unpaired) electrons. The number of carbonyl (C=O) groups excluding carboxylic acids is 2. The molecule has 0 bridgehead atoms. The van der Waals surface area contributed by atoms with Crippen molar-refractivity contribution in [1.29, 1.82) is 0 Å². The highest BCUT2D eigenvalue weighted by atomic mass is 35.5. The number of rotatable bonds is 4. The molecule has 2 heterocycles. The fourth-order valence-corrected chi connectivity index (χ4v) is 2.56. The second-order valence-electron chi connectivity index (χ2n) is 4.96. The van der Waals surface area contributed by atoms with Crippen LogP contribution in [0.25, 0.3) is 0 Å². The average molecular weight is 276 g/mol. The van der Waals surface area contributed by atoms with Crippen LogP contribution in [0, 0.1) is 5.92 Å². The second-order valence-corrected chi connectivity index (χ2v) is 4.96. The maximum absolute atomic E-state index is 11.4. The third-order valence-corrected chi connectivity index (χ3v) is 3.84. The molecule has 2 N–H and O–H groups in total. The number of likely N-dealkylation sites (tertiary alicyclic amines) is 2. The number of imide groups is 1. The van der Waals surface area contributed by atoms with E-state index in [-0.39, 0.29) is 24.2 Å². The van der Waals surface area contributed by atoms with Gasteiger partial charge in [-0.05, 0) is 38.4 Å². The monoisotopic (exact) mass is 275 g/mol. The average Bonchev–Trinajstić information content (AvgIpc) is 2.67. The first-order chi connectivity index (χ1) is 8.20. The van der Waals surface area contributed by atoms with Crippen LogP contribution in [0.4, 0.5) is 0 Å². The Morgan fingerprint density at radius 3 is 2.11 bits per heavy atom. The molecule has 104 valence electrons. The Labute approximate surface area is 114 Å². The zero-order valence-corrected chi connectivity index (χ0v) is 11.5. The van der Waals surface area contributed by atoms with E-state index in [1.54, 1.807) is 0 Å². The Morgan fingerprint density at radius 1 is 1.06 bits per heavy atom. The zero-order chi connectivity index (χ0) is 12.3. The van der Waals surface area contributed by atoms with Crippen LogP contribution in [0.5, 0.6) is 0 Å². The minimum absolute atomic E-state index is 0. The molecule has 2 aliphatic rings. The van der Waals surface area contributed by atoms with Gasteiger partial charge in [-0.2, -0.15) is 0 Å². The van der Waals surface area contributed by atoms with Gasteiger partial charge in [-0.25, -0.2) is 0 Å². The lowest BCUT2D eigenvalue weighted by Crippen LogP contribution is -2.42. The van der Waals surface area contributed by atoms with Crippen LogP contribution in [0.15, 0.2) is 0 Å². The molecule has 0 spiro atoms. The molecule has 2 saturated heterocycles. The van der Waals surface area contributed by atoms with Crippen LogP contribution < -0.4 is 5.73 Å². The topological polar surface area (TPSA) is 66.6 Å². The summed E-state index contributed by atoms with van der Waals surface area (Å²) in [6, 6.07) is 0. The number of carbonyl (C=O) groups is 2. The van der Waals surface area contributed by atoms with E-state index in [9.17, 15) is 9.59 Å². The summed E-state index contributed by atoms with van der Waals surface area (Å²) in [5.41, 5.74) is 5.64. The molecule has 5 nitrogen and oxygen atoms in total. The molecule has 6 heteroatoms. The normalized spacial score (nSPS) is 22.4. The van der Waals surface area contributed by atoms with Crippen molar-refractivity contribution < 1.29 is 9.59 Å². The van der Waals surface area contributed by atoms with E-state index in [2.05, 4.69) is 4.90 Å². The number of nitrogens with zero attached hydrogens (tertiary/aromatic N) is 2. The van der Waals surface area contributed by atoms with E-state index >= 15 is 0 Å². The summed E-state index contributed by atoms with van der Waals surface area (Å²) >= 11 is 0. The van der Waals surface area contributed by atoms with Gasteiger partial charge >= 0.3 is 0 Å². The molecule has 0 aliphatic carbocycles. The van der Waals surface area contributed by atoms with Crippen molar-refractivity contribution in [1.82, 2.24) is 9.80 Å². The van der Waals surface area contributed by atoms with Crippen LogP contribution >= 0.6 is 12.4 Å². The quantitative estimate of drug-likeness (QED) is 0.746. The summed E-state index contributed by atoms with van der Waals surface area (Å²) in [5, 5.41) is 0. The minimum atomic E-state index is -0.00755. The molecule has 0 saturated carbocycles. The predicted octanol–water partition coefficient (Wildman–Crippen LogP) is 0.228. The highest BCUT2D eigenvalue weighted by molar-refractivity contribution is 6.01. The van der Waals surface area contributed by atoms with Gasteiger partial charge in [-0.15, -0.1) is 12.4 Å². The molecule has 18 heavy (non-hydrogen) atoms. The Balaban J connectivity index is 0.00000162.